The van der Waals surface area contributed by atoms with Crippen LogP contribution < -0.4 is 0 Å². The first-order valence-corrected chi connectivity index (χ1v) is 5.60. The molecule has 0 aliphatic heterocycles. The highest BCUT2D eigenvalue weighted by molar-refractivity contribution is 7.13. The Morgan fingerprint density at radius 2 is 2.44 bits per heavy atom. The molecule has 5 nitrogen and oxygen atoms in total. The molecule has 0 saturated heterocycles. The first-order chi connectivity index (χ1) is 7.81. The molecule has 82 valence electrons. The van der Waals surface area contributed by atoms with Crippen LogP contribution in [0.15, 0.2) is 23.7 Å². The van der Waals surface area contributed by atoms with Gasteiger partial charge in [-0.05, 0) is 19.1 Å². The van der Waals surface area contributed by atoms with Gasteiger partial charge in [0.1, 0.15) is 10.7 Å². The highest BCUT2D eigenvalue weighted by atomic mass is 32.1. The first kappa shape index (κ1) is 10.7. The van der Waals surface area contributed by atoms with Crippen LogP contribution in [0.2, 0.25) is 0 Å². The highest BCUT2D eigenvalue weighted by Gasteiger charge is 2.12. The summed E-state index contributed by atoms with van der Waals surface area (Å²) in [6, 6.07) is 3.56. The molecule has 0 amide bonds. The van der Waals surface area contributed by atoms with Gasteiger partial charge in [-0.25, -0.2) is 9.78 Å². The summed E-state index contributed by atoms with van der Waals surface area (Å²) in [4.78, 5) is 15.5. The zero-order chi connectivity index (χ0) is 11.4. The molecule has 2 heterocycles. The Balaban J connectivity index is 2.23. The smallest absolute Gasteiger partial charge is 0.357 e. The van der Waals surface area contributed by atoms with E-state index in [-0.39, 0.29) is 0 Å². The number of rotatable bonds is 3. The summed E-state index contributed by atoms with van der Waals surface area (Å²) < 4.78 is 4.85. The van der Waals surface area contributed by atoms with Gasteiger partial charge in [-0.2, -0.15) is 5.10 Å². The monoisotopic (exact) mass is 235 g/mol. The van der Waals surface area contributed by atoms with Gasteiger partial charge in [-0.15, -0.1) is 16.4 Å². The van der Waals surface area contributed by atoms with E-state index in [4.69, 9.17) is 4.74 Å². The maximum atomic E-state index is 11.4. The van der Waals surface area contributed by atoms with Gasteiger partial charge < -0.3 is 4.74 Å². The summed E-state index contributed by atoms with van der Waals surface area (Å²) in [6.07, 6.45) is 1.59. The van der Waals surface area contributed by atoms with E-state index in [0.717, 1.165) is 0 Å². The molecular formula is C10H9N3O2S. The Morgan fingerprint density at radius 3 is 3.12 bits per heavy atom. The molecule has 0 aliphatic rings. The van der Waals surface area contributed by atoms with Crippen LogP contribution in [0.4, 0.5) is 0 Å². The SMILES string of the molecule is CCOC(=O)c1csc(-c2cccnn2)n1. The predicted molar refractivity (Wildman–Crippen MR) is 59.1 cm³/mol. The van der Waals surface area contributed by atoms with Crippen molar-refractivity contribution in [2.24, 2.45) is 0 Å². The summed E-state index contributed by atoms with van der Waals surface area (Å²) in [5.74, 6) is -0.408. The molecule has 0 N–H and O–H groups in total. The molecule has 0 saturated carbocycles. The fraction of sp³-hybridized carbons (Fsp3) is 0.200. The van der Waals surface area contributed by atoms with Gasteiger partial charge in [0.15, 0.2) is 5.69 Å². The van der Waals surface area contributed by atoms with E-state index in [1.807, 2.05) is 0 Å². The van der Waals surface area contributed by atoms with Crippen molar-refractivity contribution >= 4 is 17.3 Å². The van der Waals surface area contributed by atoms with Crippen LogP contribution in [-0.4, -0.2) is 27.8 Å². The van der Waals surface area contributed by atoms with Crippen LogP contribution in [0.1, 0.15) is 17.4 Å². The van der Waals surface area contributed by atoms with Crippen LogP contribution in [0, 0.1) is 0 Å². The molecule has 0 radical (unpaired) electrons. The number of esters is 1. The molecule has 0 bridgehead atoms. The third kappa shape index (κ3) is 2.22. The van der Waals surface area contributed by atoms with Gasteiger partial charge in [0.05, 0.1) is 6.61 Å². The van der Waals surface area contributed by atoms with Crippen LogP contribution in [-0.2, 0) is 4.74 Å². The Labute approximate surface area is 96.1 Å². The standard InChI is InChI=1S/C10H9N3O2S/c1-2-15-10(14)8-6-16-9(12-8)7-4-3-5-11-13-7/h3-6H,2H2,1H3. The Kier molecular flexibility index (Phi) is 3.21. The maximum Gasteiger partial charge on any atom is 0.357 e. The lowest BCUT2D eigenvalue weighted by molar-refractivity contribution is 0.0520. The van der Waals surface area contributed by atoms with Crippen LogP contribution in [0.3, 0.4) is 0 Å². The second kappa shape index (κ2) is 4.80. The second-order valence-corrected chi connectivity index (χ2v) is 3.73. The number of carbonyl (C=O) groups is 1. The Morgan fingerprint density at radius 1 is 1.56 bits per heavy atom. The third-order valence-corrected chi connectivity index (χ3v) is 2.64. The molecule has 0 aromatic carbocycles. The lowest BCUT2D eigenvalue weighted by atomic mass is 10.4. The van der Waals surface area contributed by atoms with Crippen LogP contribution in [0.25, 0.3) is 10.7 Å². The van der Waals surface area contributed by atoms with Crippen LogP contribution in [0.5, 0.6) is 0 Å². The molecule has 0 fully saturated rings. The number of thiazole rings is 1. The van der Waals surface area contributed by atoms with Gasteiger partial charge in [0.25, 0.3) is 0 Å². The largest absolute Gasteiger partial charge is 0.461 e. The zero-order valence-electron chi connectivity index (χ0n) is 8.58. The van der Waals surface area contributed by atoms with Crippen molar-refractivity contribution < 1.29 is 9.53 Å². The quantitative estimate of drug-likeness (QED) is 0.759. The van der Waals surface area contributed by atoms with Crippen molar-refractivity contribution in [3.05, 3.63) is 29.4 Å². The predicted octanol–water partition coefficient (Wildman–Crippen LogP) is 1.78. The molecule has 0 spiro atoms. The molecule has 2 rings (SSSR count). The van der Waals surface area contributed by atoms with E-state index < -0.39 is 5.97 Å². The van der Waals surface area contributed by atoms with Crippen molar-refractivity contribution in [2.45, 2.75) is 6.92 Å². The van der Waals surface area contributed by atoms with E-state index in [1.54, 1.807) is 30.6 Å². The molecule has 16 heavy (non-hydrogen) atoms. The van der Waals surface area contributed by atoms with Gasteiger partial charge in [-0.1, -0.05) is 0 Å². The van der Waals surface area contributed by atoms with E-state index in [2.05, 4.69) is 15.2 Å². The van der Waals surface area contributed by atoms with Crippen molar-refractivity contribution in [2.75, 3.05) is 6.61 Å². The van der Waals surface area contributed by atoms with Crippen LogP contribution >= 0.6 is 11.3 Å². The molecular weight excluding hydrogens is 226 g/mol. The molecule has 0 unspecified atom stereocenters. The van der Waals surface area contributed by atoms with E-state index in [9.17, 15) is 4.79 Å². The topological polar surface area (TPSA) is 65.0 Å². The highest BCUT2D eigenvalue weighted by Crippen LogP contribution is 2.21. The van der Waals surface area contributed by atoms with Crippen molar-refractivity contribution in [1.29, 1.82) is 0 Å². The number of carbonyl (C=O) groups excluding carboxylic acids is 1. The van der Waals surface area contributed by atoms with Crippen molar-refractivity contribution in [1.82, 2.24) is 15.2 Å². The van der Waals surface area contributed by atoms with Crippen molar-refractivity contribution in [3.8, 4) is 10.7 Å². The van der Waals surface area contributed by atoms with Gasteiger partial charge in [0, 0.05) is 11.6 Å². The Hall–Kier alpha value is -1.82. The van der Waals surface area contributed by atoms with Gasteiger partial charge in [0.2, 0.25) is 0 Å². The minimum Gasteiger partial charge on any atom is -0.461 e. The summed E-state index contributed by atoms with van der Waals surface area (Å²) in [5.41, 5.74) is 0.968. The summed E-state index contributed by atoms with van der Waals surface area (Å²) in [6.45, 7) is 2.10. The van der Waals surface area contributed by atoms with E-state index in [1.165, 1.54) is 11.3 Å². The van der Waals surface area contributed by atoms with E-state index >= 15 is 0 Å². The Bertz CT molecular complexity index is 484. The second-order valence-electron chi connectivity index (χ2n) is 2.87. The lowest BCUT2D eigenvalue weighted by Gasteiger charge is -1.96. The fourth-order valence-corrected chi connectivity index (χ4v) is 1.86. The number of hydrogen-bond donors (Lipinski definition) is 0. The lowest BCUT2D eigenvalue weighted by Crippen LogP contribution is -2.04. The fourth-order valence-electron chi connectivity index (χ4n) is 1.11. The maximum absolute atomic E-state index is 11.4. The average molecular weight is 235 g/mol. The van der Waals surface area contributed by atoms with Gasteiger partial charge in [-0.3, -0.25) is 0 Å². The normalized spacial score (nSPS) is 10.1. The first-order valence-electron chi connectivity index (χ1n) is 4.72. The molecule has 2 aromatic rings. The molecule has 0 aliphatic carbocycles. The summed E-state index contributed by atoms with van der Waals surface area (Å²) >= 11 is 1.34. The minimum atomic E-state index is -0.408. The molecule has 0 atom stereocenters. The molecule has 6 heteroatoms. The summed E-state index contributed by atoms with van der Waals surface area (Å²) in [5, 5.41) is 9.98. The summed E-state index contributed by atoms with van der Waals surface area (Å²) in [7, 11) is 0. The van der Waals surface area contributed by atoms with E-state index in [0.29, 0.717) is 23.0 Å². The zero-order valence-corrected chi connectivity index (χ0v) is 9.40. The number of hydrogen-bond acceptors (Lipinski definition) is 6. The average Bonchev–Trinajstić information content (AvgIpc) is 2.80. The minimum absolute atomic E-state index is 0.313. The van der Waals surface area contributed by atoms with Crippen molar-refractivity contribution in [3.63, 3.8) is 0 Å². The molecule has 2 aromatic heterocycles. The number of aromatic nitrogens is 3. The number of nitrogens with zero attached hydrogens (tertiary/aromatic N) is 3. The third-order valence-electron chi connectivity index (χ3n) is 1.78. The van der Waals surface area contributed by atoms with Gasteiger partial charge >= 0.3 is 5.97 Å². The number of ether oxygens (including phenoxy) is 1.